The summed E-state index contributed by atoms with van der Waals surface area (Å²) >= 11 is 2.20. The zero-order chi connectivity index (χ0) is 9.14. The zero-order valence-corrected chi connectivity index (χ0v) is 8.75. The summed E-state index contributed by atoms with van der Waals surface area (Å²) in [5, 5.41) is 2.55. The normalized spacial score (nSPS) is 9.50. The second-order valence-electron chi connectivity index (χ2n) is 2.40. The molecule has 64 valence electrons. The van der Waals surface area contributed by atoms with Crippen LogP contribution in [-0.4, -0.2) is 6.03 Å². The molecule has 3 nitrogen and oxygen atoms in total. The standard InChI is InChI=1S/C8H9IN2O/c1-5-6(9)3-2-4-7(5)11-8(10)12/h2-4H,1H3,(H3,10,11,12). The molecule has 0 fully saturated rings. The van der Waals surface area contributed by atoms with Crippen molar-refractivity contribution in [1.29, 1.82) is 0 Å². The monoisotopic (exact) mass is 276 g/mol. The van der Waals surface area contributed by atoms with Crippen molar-refractivity contribution in [2.24, 2.45) is 5.73 Å². The molecule has 12 heavy (non-hydrogen) atoms. The van der Waals surface area contributed by atoms with E-state index in [9.17, 15) is 4.79 Å². The Bertz CT molecular complexity index is 312. The number of benzene rings is 1. The number of primary amides is 1. The lowest BCUT2D eigenvalue weighted by Gasteiger charge is -2.06. The highest BCUT2D eigenvalue weighted by Gasteiger charge is 2.01. The molecule has 0 aliphatic rings. The first kappa shape index (κ1) is 9.31. The number of urea groups is 1. The number of nitrogens with one attached hydrogen (secondary N) is 1. The average molecular weight is 276 g/mol. The summed E-state index contributed by atoms with van der Waals surface area (Å²) in [4.78, 5) is 10.5. The van der Waals surface area contributed by atoms with Gasteiger partial charge in [0.2, 0.25) is 0 Å². The van der Waals surface area contributed by atoms with Crippen molar-refractivity contribution in [3.8, 4) is 0 Å². The maximum Gasteiger partial charge on any atom is 0.316 e. The Morgan fingerprint density at radius 2 is 2.25 bits per heavy atom. The van der Waals surface area contributed by atoms with Crippen molar-refractivity contribution in [3.63, 3.8) is 0 Å². The Hall–Kier alpha value is -0.780. The minimum atomic E-state index is -0.528. The molecule has 0 aliphatic heterocycles. The summed E-state index contributed by atoms with van der Waals surface area (Å²) in [5.74, 6) is 0. The molecule has 3 N–H and O–H groups in total. The molecule has 0 saturated carbocycles. The second-order valence-corrected chi connectivity index (χ2v) is 3.56. The van der Waals surface area contributed by atoms with E-state index in [0.29, 0.717) is 0 Å². The smallest absolute Gasteiger partial charge is 0.316 e. The SMILES string of the molecule is Cc1c(I)cccc1NC(N)=O. The van der Waals surface area contributed by atoms with Crippen LogP contribution in [0.3, 0.4) is 0 Å². The lowest BCUT2D eigenvalue weighted by Crippen LogP contribution is -2.19. The van der Waals surface area contributed by atoms with Gasteiger partial charge in [0.25, 0.3) is 0 Å². The van der Waals surface area contributed by atoms with E-state index in [1.54, 1.807) is 0 Å². The molecule has 0 radical (unpaired) electrons. The van der Waals surface area contributed by atoms with Gasteiger partial charge in [0.1, 0.15) is 0 Å². The Morgan fingerprint density at radius 3 is 2.83 bits per heavy atom. The number of carbonyl (C=O) groups is 1. The lowest BCUT2D eigenvalue weighted by atomic mass is 10.2. The van der Waals surface area contributed by atoms with Crippen molar-refractivity contribution in [2.45, 2.75) is 6.92 Å². The molecule has 0 heterocycles. The van der Waals surface area contributed by atoms with Gasteiger partial charge in [-0.05, 0) is 47.2 Å². The summed E-state index contributed by atoms with van der Waals surface area (Å²) in [5.41, 5.74) is 6.80. The van der Waals surface area contributed by atoms with Crippen molar-refractivity contribution < 1.29 is 4.79 Å². The van der Waals surface area contributed by atoms with Crippen molar-refractivity contribution in [3.05, 3.63) is 27.3 Å². The molecular formula is C8H9IN2O. The average Bonchev–Trinajstić information content (AvgIpc) is 1.98. The predicted octanol–water partition coefficient (Wildman–Crippen LogP) is 2.09. The maximum atomic E-state index is 10.5. The number of hydrogen-bond donors (Lipinski definition) is 2. The van der Waals surface area contributed by atoms with Gasteiger partial charge < -0.3 is 11.1 Å². The fraction of sp³-hybridized carbons (Fsp3) is 0.125. The molecular weight excluding hydrogens is 267 g/mol. The highest BCUT2D eigenvalue weighted by atomic mass is 127. The summed E-state index contributed by atoms with van der Waals surface area (Å²) in [6.07, 6.45) is 0. The summed E-state index contributed by atoms with van der Waals surface area (Å²) in [7, 11) is 0. The molecule has 0 atom stereocenters. The Labute approximate surface area is 84.5 Å². The van der Waals surface area contributed by atoms with Crippen LogP contribution >= 0.6 is 22.6 Å². The predicted molar refractivity (Wildman–Crippen MR) is 57.1 cm³/mol. The third-order valence-corrected chi connectivity index (χ3v) is 2.69. The summed E-state index contributed by atoms with van der Waals surface area (Å²) in [6.45, 7) is 1.94. The third kappa shape index (κ3) is 2.10. The largest absolute Gasteiger partial charge is 0.351 e. The van der Waals surface area contributed by atoms with Crippen LogP contribution in [0.4, 0.5) is 10.5 Å². The van der Waals surface area contributed by atoms with Crippen LogP contribution in [0.1, 0.15) is 5.56 Å². The zero-order valence-electron chi connectivity index (χ0n) is 6.60. The Balaban J connectivity index is 3.00. The number of hydrogen-bond acceptors (Lipinski definition) is 1. The molecule has 0 bridgehead atoms. The highest BCUT2D eigenvalue weighted by molar-refractivity contribution is 14.1. The molecule has 0 aromatic heterocycles. The fourth-order valence-corrected chi connectivity index (χ4v) is 1.37. The van der Waals surface area contributed by atoms with E-state index in [4.69, 9.17) is 5.73 Å². The van der Waals surface area contributed by atoms with Gasteiger partial charge >= 0.3 is 6.03 Å². The number of anilines is 1. The second kappa shape index (κ2) is 3.75. The fourth-order valence-electron chi connectivity index (χ4n) is 0.876. The van der Waals surface area contributed by atoms with Crippen LogP contribution in [0.25, 0.3) is 0 Å². The van der Waals surface area contributed by atoms with Gasteiger partial charge in [-0.3, -0.25) is 0 Å². The van der Waals surface area contributed by atoms with Crippen molar-refractivity contribution in [2.75, 3.05) is 5.32 Å². The van der Waals surface area contributed by atoms with Gasteiger partial charge in [0.15, 0.2) is 0 Å². The van der Waals surface area contributed by atoms with Crippen LogP contribution in [0.5, 0.6) is 0 Å². The minimum Gasteiger partial charge on any atom is -0.351 e. The van der Waals surface area contributed by atoms with Crippen LogP contribution in [0.15, 0.2) is 18.2 Å². The topological polar surface area (TPSA) is 55.1 Å². The molecule has 0 aliphatic carbocycles. The summed E-state index contributed by atoms with van der Waals surface area (Å²) in [6, 6.07) is 5.14. The number of carbonyl (C=O) groups excluding carboxylic acids is 1. The number of halogens is 1. The Morgan fingerprint density at radius 1 is 1.58 bits per heavy atom. The van der Waals surface area contributed by atoms with Gasteiger partial charge in [0, 0.05) is 9.26 Å². The molecule has 1 aromatic carbocycles. The lowest BCUT2D eigenvalue weighted by molar-refractivity contribution is 0.259. The molecule has 2 amide bonds. The van der Waals surface area contributed by atoms with E-state index in [0.717, 1.165) is 14.8 Å². The maximum absolute atomic E-state index is 10.5. The minimum absolute atomic E-state index is 0.528. The molecule has 0 saturated heterocycles. The quantitative estimate of drug-likeness (QED) is 0.758. The first-order valence-electron chi connectivity index (χ1n) is 3.43. The van der Waals surface area contributed by atoms with E-state index in [2.05, 4.69) is 27.9 Å². The number of rotatable bonds is 1. The number of nitrogens with two attached hydrogens (primary N) is 1. The van der Waals surface area contributed by atoms with E-state index < -0.39 is 6.03 Å². The van der Waals surface area contributed by atoms with Gasteiger partial charge in [-0.15, -0.1) is 0 Å². The van der Waals surface area contributed by atoms with Crippen molar-refractivity contribution >= 4 is 34.3 Å². The van der Waals surface area contributed by atoms with E-state index in [1.807, 2.05) is 25.1 Å². The number of amides is 2. The van der Waals surface area contributed by atoms with Gasteiger partial charge in [-0.1, -0.05) is 6.07 Å². The molecule has 1 aromatic rings. The van der Waals surface area contributed by atoms with Gasteiger partial charge in [0.05, 0.1) is 0 Å². The molecule has 0 spiro atoms. The summed E-state index contributed by atoms with van der Waals surface area (Å²) < 4.78 is 1.11. The van der Waals surface area contributed by atoms with E-state index in [-0.39, 0.29) is 0 Å². The van der Waals surface area contributed by atoms with Crippen LogP contribution in [-0.2, 0) is 0 Å². The van der Waals surface area contributed by atoms with Gasteiger partial charge in [-0.2, -0.15) is 0 Å². The van der Waals surface area contributed by atoms with E-state index >= 15 is 0 Å². The van der Waals surface area contributed by atoms with Crippen LogP contribution in [0, 0.1) is 10.5 Å². The van der Waals surface area contributed by atoms with E-state index in [1.165, 1.54) is 0 Å². The van der Waals surface area contributed by atoms with Crippen LogP contribution < -0.4 is 11.1 Å². The van der Waals surface area contributed by atoms with Crippen molar-refractivity contribution in [1.82, 2.24) is 0 Å². The highest BCUT2D eigenvalue weighted by Crippen LogP contribution is 2.19. The molecule has 0 unspecified atom stereocenters. The first-order valence-corrected chi connectivity index (χ1v) is 4.50. The van der Waals surface area contributed by atoms with Gasteiger partial charge in [-0.25, -0.2) is 4.79 Å². The Kier molecular flexibility index (Phi) is 2.91. The third-order valence-electron chi connectivity index (χ3n) is 1.53. The molecule has 4 heteroatoms. The molecule has 1 rings (SSSR count). The van der Waals surface area contributed by atoms with Crippen LogP contribution in [0.2, 0.25) is 0 Å². The first-order chi connectivity index (χ1) is 5.61.